The van der Waals surface area contributed by atoms with E-state index in [1.165, 1.54) is 0 Å². The molecular weight excluding hydrogens is 352 g/mol. The first kappa shape index (κ1) is 16.3. The van der Waals surface area contributed by atoms with Gasteiger partial charge >= 0.3 is 0 Å². The van der Waals surface area contributed by atoms with E-state index >= 15 is 0 Å². The second-order valence-electron chi connectivity index (χ2n) is 5.85. The summed E-state index contributed by atoms with van der Waals surface area (Å²) in [4.78, 5) is 17.1. The predicted octanol–water partition coefficient (Wildman–Crippen LogP) is 2.24. The van der Waals surface area contributed by atoms with Crippen LogP contribution in [0, 0.1) is 0 Å². The lowest BCUT2D eigenvalue weighted by Gasteiger charge is -2.30. The Morgan fingerprint density at radius 2 is 2.12 bits per heavy atom. The first-order chi connectivity index (χ1) is 12.6. The quantitative estimate of drug-likeness (QED) is 0.717. The number of amides is 1. The van der Waals surface area contributed by atoms with Crippen molar-refractivity contribution in [2.75, 3.05) is 12.1 Å². The lowest BCUT2D eigenvalue weighted by atomic mass is 9.94. The minimum Gasteiger partial charge on any atom is -0.454 e. The SMILES string of the molecule is CC1=C(C(=O)Nc2ccccn2)C(c2ccc3c(c2)OCO3)NC(=S)N1. The Hall–Kier alpha value is -3.13. The molecular formula is C18H16N4O3S. The molecule has 0 bridgehead atoms. The molecule has 0 saturated carbocycles. The lowest BCUT2D eigenvalue weighted by molar-refractivity contribution is -0.113. The van der Waals surface area contributed by atoms with Gasteiger partial charge in [-0.2, -0.15) is 0 Å². The molecule has 1 aromatic heterocycles. The number of nitrogens with one attached hydrogen (secondary N) is 3. The maximum atomic E-state index is 12.9. The number of rotatable bonds is 3. The number of aromatic nitrogens is 1. The number of benzene rings is 1. The van der Waals surface area contributed by atoms with E-state index in [1.54, 1.807) is 18.3 Å². The summed E-state index contributed by atoms with van der Waals surface area (Å²) in [5.74, 6) is 1.56. The van der Waals surface area contributed by atoms with Crippen molar-refractivity contribution in [3.05, 3.63) is 59.4 Å². The van der Waals surface area contributed by atoms with E-state index in [2.05, 4.69) is 20.9 Å². The van der Waals surface area contributed by atoms with Crippen molar-refractivity contribution < 1.29 is 14.3 Å². The number of carbonyl (C=O) groups excluding carboxylic acids is 1. The number of thiocarbonyl (C=S) groups is 1. The Labute approximate surface area is 155 Å². The van der Waals surface area contributed by atoms with Gasteiger partial charge in [0.2, 0.25) is 6.79 Å². The molecule has 2 aliphatic rings. The van der Waals surface area contributed by atoms with Crippen LogP contribution in [0.2, 0.25) is 0 Å². The summed E-state index contributed by atoms with van der Waals surface area (Å²) in [7, 11) is 0. The van der Waals surface area contributed by atoms with Crippen LogP contribution in [0.4, 0.5) is 5.82 Å². The molecule has 0 radical (unpaired) electrons. The average Bonchev–Trinajstić information content (AvgIpc) is 3.09. The molecule has 26 heavy (non-hydrogen) atoms. The van der Waals surface area contributed by atoms with Crippen molar-refractivity contribution in [3.63, 3.8) is 0 Å². The van der Waals surface area contributed by atoms with Crippen molar-refractivity contribution in [3.8, 4) is 11.5 Å². The number of hydrogen-bond donors (Lipinski definition) is 3. The summed E-state index contributed by atoms with van der Waals surface area (Å²) in [6, 6.07) is 10.5. The third kappa shape index (κ3) is 3.06. The normalized spacial score (nSPS) is 18.2. The van der Waals surface area contributed by atoms with Crippen LogP contribution in [0.15, 0.2) is 53.9 Å². The maximum Gasteiger partial charge on any atom is 0.256 e. The maximum absolute atomic E-state index is 12.9. The van der Waals surface area contributed by atoms with Gasteiger partial charge in [0.1, 0.15) is 5.82 Å². The number of hydrogen-bond acceptors (Lipinski definition) is 5. The topological polar surface area (TPSA) is 84.5 Å². The van der Waals surface area contributed by atoms with Gasteiger partial charge in [0.15, 0.2) is 16.6 Å². The van der Waals surface area contributed by atoms with Crippen molar-refractivity contribution in [2.45, 2.75) is 13.0 Å². The highest BCUT2D eigenvalue weighted by molar-refractivity contribution is 7.80. The van der Waals surface area contributed by atoms with E-state index < -0.39 is 6.04 Å². The van der Waals surface area contributed by atoms with E-state index in [0.29, 0.717) is 33.7 Å². The van der Waals surface area contributed by atoms with E-state index in [0.717, 1.165) is 5.56 Å². The number of allylic oxidation sites excluding steroid dienone is 1. The zero-order chi connectivity index (χ0) is 18.1. The van der Waals surface area contributed by atoms with Gasteiger partial charge in [-0.1, -0.05) is 12.1 Å². The highest BCUT2D eigenvalue weighted by Crippen LogP contribution is 2.37. The monoisotopic (exact) mass is 368 g/mol. The minimum atomic E-state index is -0.415. The molecule has 132 valence electrons. The number of anilines is 1. The Bertz CT molecular complexity index is 914. The molecule has 1 unspecified atom stereocenters. The molecule has 4 rings (SSSR count). The van der Waals surface area contributed by atoms with Gasteiger partial charge in [-0.15, -0.1) is 0 Å². The lowest BCUT2D eigenvalue weighted by Crippen LogP contribution is -2.45. The van der Waals surface area contributed by atoms with Crippen LogP contribution in [0.25, 0.3) is 0 Å². The highest BCUT2D eigenvalue weighted by atomic mass is 32.1. The summed E-state index contributed by atoms with van der Waals surface area (Å²) in [5.41, 5.74) is 2.07. The first-order valence-electron chi connectivity index (χ1n) is 8.02. The molecule has 3 N–H and O–H groups in total. The standard InChI is InChI=1S/C18H16N4O3S/c1-10-15(17(23)21-14-4-2-3-7-19-14)16(22-18(26)20-10)11-5-6-12-13(8-11)25-9-24-12/h2-8,16H,9H2,1H3,(H,19,21,23)(H2,20,22,26). The van der Waals surface area contributed by atoms with Gasteiger partial charge in [0.25, 0.3) is 5.91 Å². The van der Waals surface area contributed by atoms with Crippen molar-refractivity contribution >= 4 is 29.1 Å². The molecule has 8 heteroatoms. The molecule has 3 heterocycles. The number of ether oxygens (including phenoxy) is 2. The van der Waals surface area contributed by atoms with Crippen LogP contribution in [0.1, 0.15) is 18.5 Å². The van der Waals surface area contributed by atoms with Gasteiger partial charge in [-0.05, 0) is 49.0 Å². The predicted molar refractivity (Wildman–Crippen MR) is 99.7 cm³/mol. The minimum absolute atomic E-state index is 0.193. The number of nitrogens with zero attached hydrogens (tertiary/aromatic N) is 1. The summed E-state index contributed by atoms with van der Waals surface area (Å²) < 4.78 is 10.8. The van der Waals surface area contributed by atoms with Crippen molar-refractivity contribution in [1.29, 1.82) is 0 Å². The third-order valence-electron chi connectivity index (χ3n) is 4.15. The Balaban J connectivity index is 1.68. The van der Waals surface area contributed by atoms with E-state index in [-0.39, 0.29) is 12.7 Å². The molecule has 1 atom stereocenters. The molecule has 1 amide bonds. The Kier molecular flexibility index (Phi) is 4.18. The molecule has 7 nitrogen and oxygen atoms in total. The van der Waals surface area contributed by atoms with E-state index in [1.807, 2.05) is 31.2 Å². The fourth-order valence-corrected chi connectivity index (χ4v) is 3.23. The summed E-state index contributed by atoms with van der Waals surface area (Å²) in [6.07, 6.45) is 1.62. The zero-order valence-corrected chi connectivity index (χ0v) is 14.7. The van der Waals surface area contributed by atoms with Crippen LogP contribution in [0.5, 0.6) is 11.5 Å². The molecule has 1 aromatic carbocycles. The molecule has 0 spiro atoms. The van der Waals surface area contributed by atoms with Crippen LogP contribution in [0.3, 0.4) is 0 Å². The largest absolute Gasteiger partial charge is 0.454 e. The molecule has 0 fully saturated rings. The molecule has 0 saturated heterocycles. The summed E-state index contributed by atoms with van der Waals surface area (Å²) in [6.45, 7) is 2.01. The summed E-state index contributed by atoms with van der Waals surface area (Å²) in [5, 5.41) is 9.45. The van der Waals surface area contributed by atoms with Crippen LogP contribution >= 0.6 is 12.2 Å². The van der Waals surface area contributed by atoms with Crippen LogP contribution < -0.4 is 25.4 Å². The smallest absolute Gasteiger partial charge is 0.256 e. The second kappa shape index (κ2) is 6.64. The van der Waals surface area contributed by atoms with E-state index in [4.69, 9.17) is 21.7 Å². The first-order valence-corrected chi connectivity index (χ1v) is 8.43. The Morgan fingerprint density at radius 1 is 1.27 bits per heavy atom. The highest BCUT2D eigenvalue weighted by Gasteiger charge is 2.31. The van der Waals surface area contributed by atoms with Gasteiger partial charge in [-0.25, -0.2) is 4.98 Å². The molecule has 0 aliphatic carbocycles. The number of pyridine rings is 1. The van der Waals surface area contributed by atoms with Gasteiger partial charge in [0, 0.05) is 11.9 Å². The Morgan fingerprint density at radius 3 is 2.92 bits per heavy atom. The number of fused-ring (bicyclic) bond motifs is 1. The van der Waals surface area contributed by atoms with Crippen LogP contribution in [-0.2, 0) is 4.79 Å². The number of carbonyl (C=O) groups is 1. The second-order valence-corrected chi connectivity index (χ2v) is 6.26. The van der Waals surface area contributed by atoms with Gasteiger partial charge in [0.05, 0.1) is 11.6 Å². The van der Waals surface area contributed by atoms with Gasteiger partial charge in [-0.3, -0.25) is 4.79 Å². The van der Waals surface area contributed by atoms with Crippen molar-refractivity contribution in [1.82, 2.24) is 15.6 Å². The molecule has 2 aromatic rings. The molecule has 2 aliphatic heterocycles. The fourth-order valence-electron chi connectivity index (χ4n) is 2.96. The van der Waals surface area contributed by atoms with Crippen LogP contribution in [-0.4, -0.2) is 22.8 Å². The van der Waals surface area contributed by atoms with Crippen molar-refractivity contribution in [2.24, 2.45) is 0 Å². The fraction of sp³-hybridized carbons (Fsp3) is 0.167. The zero-order valence-electron chi connectivity index (χ0n) is 13.9. The van der Waals surface area contributed by atoms with E-state index in [9.17, 15) is 4.79 Å². The average molecular weight is 368 g/mol. The van der Waals surface area contributed by atoms with Gasteiger partial charge < -0.3 is 25.4 Å². The summed E-state index contributed by atoms with van der Waals surface area (Å²) >= 11 is 5.27. The third-order valence-corrected chi connectivity index (χ3v) is 4.37.